The predicted molar refractivity (Wildman–Crippen MR) is 91.8 cm³/mol. The minimum Gasteiger partial charge on any atom is -0.502 e. The number of nitro groups is 1. The van der Waals surface area contributed by atoms with Crippen LogP contribution in [0.5, 0.6) is 5.75 Å². The molecule has 0 unspecified atom stereocenters. The molecule has 7 nitrogen and oxygen atoms in total. The third kappa shape index (κ3) is 2.90. The predicted octanol–water partition coefficient (Wildman–Crippen LogP) is 3.34. The number of rotatable bonds is 4. The first-order valence-electron chi connectivity index (χ1n) is 7.84. The van der Waals surface area contributed by atoms with Crippen LogP contribution in [-0.4, -0.2) is 22.2 Å². The van der Waals surface area contributed by atoms with Crippen molar-refractivity contribution in [1.29, 1.82) is 0 Å². The Labute approximate surface area is 147 Å². The van der Waals surface area contributed by atoms with Crippen LogP contribution in [-0.2, 0) is 4.79 Å². The average molecular weight is 396 g/mol. The SMILES string of the molecule is C[C@]12CCCC[C@H]1[C@@H]2C(=O)N/N=C/c1cc(Br)cc([N+](=O)[O-])c1O. The number of hydrogen-bond acceptors (Lipinski definition) is 5. The Kier molecular flexibility index (Phi) is 4.33. The third-order valence-electron chi connectivity index (χ3n) is 5.27. The number of nitrogens with one attached hydrogen (secondary N) is 1. The second kappa shape index (κ2) is 6.16. The Hall–Kier alpha value is -1.96. The van der Waals surface area contributed by atoms with Gasteiger partial charge in [0, 0.05) is 22.0 Å². The van der Waals surface area contributed by atoms with E-state index in [0.717, 1.165) is 19.3 Å². The van der Waals surface area contributed by atoms with Crippen molar-refractivity contribution in [2.75, 3.05) is 0 Å². The van der Waals surface area contributed by atoms with Gasteiger partial charge in [-0.25, -0.2) is 5.43 Å². The van der Waals surface area contributed by atoms with Crippen molar-refractivity contribution in [2.24, 2.45) is 22.4 Å². The Morgan fingerprint density at radius 2 is 2.29 bits per heavy atom. The quantitative estimate of drug-likeness (QED) is 0.463. The lowest BCUT2D eigenvalue weighted by Gasteiger charge is -2.15. The van der Waals surface area contributed by atoms with Gasteiger partial charge in [-0.05, 0) is 30.2 Å². The fourth-order valence-corrected chi connectivity index (χ4v) is 4.39. The highest BCUT2D eigenvalue weighted by molar-refractivity contribution is 9.10. The van der Waals surface area contributed by atoms with Crippen LogP contribution < -0.4 is 5.43 Å². The topological polar surface area (TPSA) is 105 Å². The van der Waals surface area contributed by atoms with E-state index in [4.69, 9.17) is 0 Å². The van der Waals surface area contributed by atoms with Gasteiger partial charge in [-0.3, -0.25) is 14.9 Å². The van der Waals surface area contributed by atoms with Gasteiger partial charge in [0.2, 0.25) is 11.7 Å². The zero-order valence-electron chi connectivity index (χ0n) is 13.2. The first-order chi connectivity index (χ1) is 11.3. The van der Waals surface area contributed by atoms with Crippen LogP contribution in [0.1, 0.15) is 38.2 Å². The summed E-state index contributed by atoms with van der Waals surface area (Å²) in [5.41, 5.74) is 2.34. The Morgan fingerprint density at radius 3 is 2.92 bits per heavy atom. The molecule has 0 heterocycles. The normalized spacial score (nSPS) is 28.4. The minimum absolute atomic E-state index is 0.0115. The molecule has 8 heteroatoms. The number of halogens is 1. The van der Waals surface area contributed by atoms with E-state index in [2.05, 4.69) is 33.4 Å². The molecule has 2 saturated carbocycles. The second-order valence-corrected chi connectivity index (χ2v) is 7.61. The zero-order valence-corrected chi connectivity index (χ0v) is 14.7. The summed E-state index contributed by atoms with van der Waals surface area (Å²) >= 11 is 3.15. The molecule has 1 aromatic carbocycles. The van der Waals surface area contributed by atoms with Gasteiger partial charge in [0.15, 0.2) is 0 Å². The number of amides is 1. The molecule has 0 aliphatic heterocycles. The van der Waals surface area contributed by atoms with Gasteiger partial charge in [-0.15, -0.1) is 0 Å². The van der Waals surface area contributed by atoms with Crippen LogP contribution in [0.4, 0.5) is 5.69 Å². The average Bonchev–Trinajstić information content (AvgIpc) is 3.15. The summed E-state index contributed by atoms with van der Waals surface area (Å²) in [6, 6.07) is 2.71. The van der Waals surface area contributed by atoms with Crippen LogP contribution in [0.3, 0.4) is 0 Å². The number of aromatic hydroxyl groups is 1. The Bertz CT molecular complexity index is 736. The lowest BCUT2D eigenvalue weighted by atomic mass is 9.90. The Morgan fingerprint density at radius 1 is 1.54 bits per heavy atom. The molecule has 0 radical (unpaired) electrons. The fraction of sp³-hybridized carbons (Fsp3) is 0.500. The second-order valence-electron chi connectivity index (χ2n) is 6.69. The summed E-state index contributed by atoms with van der Waals surface area (Å²) < 4.78 is 0.445. The summed E-state index contributed by atoms with van der Waals surface area (Å²) in [5, 5.41) is 24.7. The van der Waals surface area contributed by atoms with E-state index in [0.29, 0.717) is 10.4 Å². The maximum atomic E-state index is 12.3. The van der Waals surface area contributed by atoms with Crippen molar-refractivity contribution in [3.05, 3.63) is 32.3 Å². The van der Waals surface area contributed by atoms with Crippen LogP contribution in [0.25, 0.3) is 0 Å². The van der Waals surface area contributed by atoms with Gasteiger partial charge in [-0.2, -0.15) is 5.10 Å². The molecule has 2 aliphatic carbocycles. The largest absolute Gasteiger partial charge is 0.502 e. The van der Waals surface area contributed by atoms with Crippen molar-refractivity contribution < 1.29 is 14.8 Å². The number of carbonyl (C=O) groups is 1. The molecule has 3 atom stereocenters. The molecule has 0 aromatic heterocycles. The zero-order chi connectivity index (χ0) is 17.5. The molecule has 2 aliphatic rings. The molecule has 1 amide bonds. The number of hydrazone groups is 1. The number of carbonyl (C=O) groups excluding carboxylic acids is 1. The number of fused-ring (bicyclic) bond motifs is 1. The Balaban J connectivity index is 1.69. The van der Waals surface area contributed by atoms with E-state index in [-0.39, 0.29) is 22.8 Å². The summed E-state index contributed by atoms with van der Waals surface area (Å²) in [7, 11) is 0. The molecule has 0 bridgehead atoms. The van der Waals surface area contributed by atoms with E-state index in [1.54, 1.807) is 0 Å². The molecule has 3 rings (SSSR count). The first-order valence-corrected chi connectivity index (χ1v) is 8.63. The van der Waals surface area contributed by atoms with E-state index >= 15 is 0 Å². The van der Waals surface area contributed by atoms with E-state index in [9.17, 15) is 20.0 Å². The summed E-state index contributed by atoms with van der Waals surface area (Å²) in [4.78, 5) is 22.5. The molecule has 128 valence electrons. The molecular formula is C16H18BrN3O4. The molecule has 1 aromatic rings. The van der Waals surface area contributed by atoms with E-state index in [1.807, 2.05) is 0 Å². The molecule has 0 spiro atoms. The molecule has 24 heavy (non-hydrogen) atoms. The van der Waals surface area contributed by atoms with Crippen molar-refractivity contribution in [1.82, 2.24) is 5.43 Å². The van der Waals surface area contributed by atoms with Gasteiger partial charge in [-0.1, -0.05) is 35.7 Å². The van der Waals surface area contributed by atoms with Crippen LogP contribution in [0.15, 0.2) is 21.7 Å². The van der Waals surface area contributed by atoms with Crippen molar-refractivity contribution in [3.8, 4) is 5.75 Å². The molecule has 2 N–H and O–H groups in total. The first kappa shape index (κ1) is 16.9. The number of hydrogen-bond donors (Lipinski definition) is 2. The third-order valence-corrected chi connectivity index (χ3v) is 5.73. The number of nitro benzene ring substituents is 1. The summed E-state index contributed by atoms with van der Waals surface area (Å²) in [6.45, 7) is 2.15. The van der Waals surface area contributed by atoms with Crippen LogP contribution in [0.2, 0.25) is 0 Å². The minimum atomic E-state index is -0.675. The number of phenols is 1. The molecule has 2 fully saturated rings. The maximum Gasteiger partial charge on any atom is 0.312 e. The monoisotopic (exact) mass is 395 g/mol. The summed E-state index contributed by atoms with van der Waals surface area (Å²) in [6.07, 6.45) is 5.70. The van der Waals surface area contributed by atoms with Gasteiger partial charge in [0.25, 0.3) is 0 Å². The van der Waals surface area contributed by atoms with Gasteiger partial charge in [0.1, 0.15) is 0 Å². The van der Waals surface area contributed by atoms with Crippen LogP contribution >= 0.6 is 15.9 Å². The van der Waals surface area contributed by atoms with Crippen molar-refractivity contribution in [3.63, 3.8) is 0 Å². The maximum absolute atomic E-state index is 12.3. The fourth-order valence-electron chi connectivity index (χ4n) is 3.93. The summed E-state index contributed by atoms with van der Waals surface area (Å²) in [5.74, 6) is -0.178. The highest BCUT2D eigenvalue weighted by Crippen LogP contribution is 2.66. The number of phenolic OH excluding ortho intramolecular Hbond substituents is 1. The lowest BCUT2D eigenvalue weighted by Crippen LogP contribution is -2.22. The highest BCUT2D eigenvalue weighted by Gasteiger charge is 2.64. The number of nitrogens with zero attached hydrogens (tertiary/aromatic N) is 2. The van der Waals surface area contributed by atoms with Crippen molar-refractivity contribution >= 4 is 33.7 Å². The van der Waals surface area contributed by atoms with Gasteiger partial charge in [0.05, 0.1) is 11.1 Å². The van der Waals surface area contributed by atoms with Gasteiger partial charge < -0.3 is 5.11 Å². The standard InChI is InChI=1S/C16H18BrN3O4/c1-16-5-3-2-4-11(16)13(16)15(22)19-18-8-9-6-10(17)7-12(14(9)21)20(23)24/h6-8,11,13,21H,2-5H2,1H3,(H,19,22)/b18-8+/t11-,13+,16-/m0/s1. The van der Waals surface area contributed by atoms with Crippen molar-refractivity contribution in [2.45, 2.75) is 32.6 Å². The van der Waals surface area contributed by atoms with Gasteiger partial charge >= 0.3 is 5.69 Å². The molecular weight excluding hydrogens is 378 g/mol. The highest BCUT2D eigenvalue weighted by atomic mass is 79.9. The number of benzene rings is 1. The van der Waals surface area contributed by atoms with Crippen LogP contribution in [0, 0.1) is 27.4 Å². The molecule has 0 saturated heterocycles. The van der Waals surface area contributed by atoms with E-state index < -0.39 is 16.4 Å². The van der Waals surface area contributed by atoms with E-state index in [1.165, 1.54) is 24.8 Å². The smallest absolute Gasteiger partial charge is 0.312 e. The lowest BCUT2D eigenvalue weighted by molar-refractivity contribution is -0.385.